The molecule has 2 aromatic carbocycles. The van der Waals surface area contributed by atoms with Crippen molar-refractivity contribution in [1.82, 2.24) is 0 Å². The summed E-state index contributed by atoms with van der Waals surface area (Å²) in [7, 11) is 0. The molecule has 28 heavy (non-hydrogen) atoms. The Bertz CT molecular complexity index is 1080. The molecule has 6 nitrogen and oxygen atoms in total. The van der Waals surface area contributed by atoms with Crippen LogP contribution in [0.5, 0.6) is 11.5 Å². The SMILES string of the molecule is Nc1c(C(=O)Oc2ccccc2)sc2sc(C(=O)Oc3ccccc3)c(N)c12. The molecule has 140 valence electrons. The average molecular weight is 410 g/mol. The van der Waals surface area contributed by atoms with Crippen molar-refractivity contribution in [3.05, 3.63) is 70.4 Å². The molecule has 0 aliphatic carbocycles. The van der Waals surface area contributed by atoms with Gasteiger partial charge in [0, 0.05) is 0 Å². The van der Waals surface area contributed by atoms with Crippen molar-refractivity contribution in [3.8, 4) is 11.5 Å². The Labute approximate surface area is 167 Å². The van der Waals surface area contributed by atoms with Gasteiger partial charge in [-0.15, -0.1) is 22.7 Å². The first-order valence-corrected chi connectivity index (χ1v) is 9.82. The number of carbonyl (C=O) groups excluding carboxylic acids is 2. The van der Waals surface area contributed by atoms with Crippen molar-refractivity contribution in [1.29, 1.82) is 0 Å². The van der Waals surface area contributed by atoms with Crippen LogP contribution in [-0.4, -0.2) is 11.9 Å². The Morgan fingerprint density at radius 1 is 0.679 bits per heavy atom. The van der Waals surface area contributed by atoms with Crippen LogP contribution in [0, 0.1) is 0 Å². The minimum Gasteiger partial charge on any atom is -0.422 e. The molecule has 0 saturated heterocycles. The van der Waals surface area contributed by atoms with Gasteiger partial charge in [-0.05, 0) is 24.3 Å². The summed E-state index contributed by atoms with van der Waals surface area (Å²) < 4.78 is 11.3. The number of rotatable bonds is 4. The average Bonchev–Trinajstić information content (AvgIpc) is 3.20. The molecule has 0 aliphatic heterocycles. The summed E-state index contributed by atoms with van der Waals surface area (Å²) in [5, 5.41) is 0.482. The van der Waals surface area contributed by atoms with E-state index in [0.29, 0.717) is 20.9 Å². The second kappa shape index (κ2) is 7.34. The maximum absolute atomic E-state index is 12.5. The maximum Gasteiger partial charge on any atom is 0.355 e. The van der Waals surface area contributed by atoms with E-state index >= 15 is 0 Å². The summed E-state index contributed by atoms with van der Waals surface area (Å²) in [6, 6.07) is 17.4. The molecule has 4 rings (SSSR count). The van der Waals surface area contributed by atoms with Crippen LogP contribution in [0.3, 0.4) is 0 Å². The van der Waals surface area contributed by atoms with Crippen molar-refractivity contribution in [2.45, 2.75) is 0 Å². The summed E-state index contributed by atoms with van der Waals surface area (Å²) in [6.45, 7) is 0. The van der Waals surface area contributed by atoms with E-state index in [1.54, 1.807) is 48.5 Å². The zero-order chi connectivity index (χ0) is 19.7. The molecule has 4 N–H and O–H groups in total. The number of fused-ring (bicyclic) bond motifs is 1. The monoisotopic (exact) mass is 410 g/mol. The number of hydrogen-bond acceptors (Lipinski definition) is 8. The second-order valence-electron chi connectivity index (χ2n) is 5.76. The Balaban J connectivity index is 1.62. The van der Waals surface area contributed by atoms with Crippen molar-refractivity contribution < 1.29 is 19.1 Å². The first-order valence-electron chi connectivity index (χ1n) is 8.19. The van der Waals surface area contributed by atoms with E-state index in [0.717, 1.165) is 22.7 Å². The molecule has 0 radical (unpaired) electrons. The molecule has 2 heterocycles. The third kappa shape index (κ3) is 3.30. The molecule has 0 saturated carbocycles. The Morgan fingerprint density at radius 3 is 1.43 bits per heavy atom. The minimum absolute atomic E-state index is 0.202. The number of para-hydroxylation sites is 2. The van der Waals surface area contributed by atoms with Crippen molar-refractivity contribution in [2.75, 3.05) is 11.5 Å². The van der Waals surface area contributed by atoms with Gasteiger partial charge in [-0.1, -0.05) is 36.4 Å². The van der Waals surface area contributed by atoms with Crippen molar-refractivity contribution >= 4 is 55.4 Å². The summed E-state index contributed by atoms with van der Waals surface area (Å²) in [5.74, 6) is -0.290. The quantitative estimate of drug-likeness (QED) is 0.377. The smallest absolute Gasteiger partial charge is 0.355 e. The first kappa shape index (κ1) is 18.0. The lowest BCUT2D eigenvalue weighted by molar-refractivity contribution is 0.0731. The normalized spacial score (nSPS) is 10.7. The van der Waals surface area contributed by atoms with E-state index in [-0.39, 0.29) is 21.1 Å². The fourth-order valence-corrected chi connectivity index (χ4v) is 4.95. The number of carbonyl (C=O) groups is 2. The van der Waals surface area contributed by atoms with Crippen LogP contribution < -0.4 is 20.9 Å². The van der Waals surface area contributed by atoms with Crippen LogP contribution in [0.2, 0.25) is 0 Å². The third-order valence-corrected chi connectivity index (χ3v) is 6.36. The minimum atomic E-state index is -0.565. The number of nitrogen functional groups attached to an aromatic ring is 2. The van der Waals surface area contributed by atoms with Crippen molar-refractivity contribution in [3.63, 3.8) is 0 Å². The van der Waals surface area contributed by atoms with E-state index in [9.17, 15) is 9.59 Å². The number of hydrogen-bond donors (Lipinski definition) is 2. The molecule has 0 fully saturated rings. The number of ether oxygens (including phenoxy) is 2. The number of anilines is 2. The van der Waals surface area contributed by atoms with Gasteiger partial charge in [0.05, 0.1) is 20.8 Å². The van der Waals surface area contributed by atoms with E-state index in [4.69, 9.17) is 20.9 Å². The fourth-order valence-electron chi connectivity index (χ4n) is 2.60. The predicted molar refractivity (Wildman–Crippen MR) is 111 cm³/mol. The van der Waals surface area contributed by atoms with Gasteiger partial charge in [-0.25, -0.2) is 9.59 Å². The van der Waals surface area contributed by atoms with Crippen LogP contribution in [0.4, 0.5) is 11.4 Å². The highest BCUT2D eigenvalue weighted by Gasteiger charge is 2.26. The summed E-state index contributed by atoms with van der Waals surface area (Å²) >= 11 is 2.28. The lowest BCUT2D eigenvalue weighted by atomic mass is 10.2. The highest BCUT2D eigenvalue weighted by Crippen LogP contribution is 2.45. The molecule has 0 atom stereocenters. The van der Waals surface area contributed by atoms with Gasteiger partial charge in [-0.2, -0.15) is 0 Å². The van der Waals surface area contributed by atoms with Gasteiger partial charge in [0.15, 0.2) is 0 Å². The topological polar surface area (TPSA) is 105 Å². The van der Waals surface area contributed by atoms with E-state index in [1.165, 1.54) is 0 Å². The van der Waals surface area contributed by atoms with Crippen molar-refractivity contribution in [2.24, 2.45) is 0 Å². The second-order valence-corrected chi connectivity index (χ2v) is 8.06. The first-order chi connectivity index (χ1) is 13.5. The molecular formula is C20H14N2O4S2. The maximum atomic E-state index is 12.5. The van der Waals surface area contributed by atoms with Crippen LogP contribution in [0.25, 0.3) is 9.40 Å². The fraction of sp³-hybridized carbons (Fsp3) is 0. The Hall–Kier alpha value is -3.36. The van der Waals surface area contributed by atoms with Gasteiger partial charge in [0.2, 0.25) is 0 Å². The van der Waals surface area contributed by atoms with Gasteiger partial charge >= 0.3 is 11.9 Å². The molecule has 0 bridgehead atoms. The summed E-state index contributed by atoms with van der Waals surface area (Å²) in [6.07, 6.45) is 0. The zero-order valence-electron chi connectivity index (χ0n) is 14.4. The summed E-state index contributed by atoms with van der Waals surface area (Å²) in [5.41, 5.74) is 12.7. The highest BCUT2D eigenvalue weighted by molar-refractivity contribution is 7.40. The van der Waals surface area contributed by atoms with Gasteiger partial charge in [-0.3, -0.25) is 0 Å². The molecule has 0 unspecified atom stereocenters. The predicted octanol–water partition coefficient (Wildman–Crippen LogP) is 4.57. The van der Waals surface area contributed by atoms with Crippen LogP contribution in [0.1, 0.15) is 19.3 Å². The summed E-state index contributed by atoms with van der Waals surface area (Å²) in [4.78, 5) is 25.4. The number of nitrogens with two attached hydrogens (primary N) is 2. The lowest BCUT2D eigenvalue weighted by Crippen LogP contribution is -2.10. The number of esters is 2. The standard InChI is InChI=1S/C20H14N2O4S2/c21-14-13-15(22)17(19(24)26-12-9-5-2-6-10-12)28-20(13)27-16(14)18(23)25-11-7-3-1-4-8-11/h1-10H,21-22H2. The molecule has 0 amide bonds. The Morgan fingerprint density at radius 2 is 1.07 bits per heavy atom. The molecule has 4 aromatic rings. The van der Waals surface area contributed by atoms with Crippen LogP contribution in [0.15, 0.2) is 60.7 Å². The van der Waals surface area contributed by atoms with Crippen LogP contribution >= 0.6 is 22.7 Å². The molecule has 8 heteroatoms. The number of thiophene rings is 2. The van der Waals surface area contributed by atoms with Crippen LogP contribution in [-0.2, 0) is 0 Å². The molecule has 2 aromatic heterocycles. The number of benzene rings is 2. The molecular weight excluding hydrogens is 396 g/mol. The van der Waals surface area contributed by atoms with Gasteiger partial charge in [0.25, 0.3) is 0 Å². The van der Waals surface area contributed by atoms with E-state index in [2.05, 4.69) is 0 Å². The Kier molecular flexibility index (Phi) is 4.72. The van der Waals surface area contributed by atoms with Gasteiger partial charge < -0.3 is 20.9 Å². The van der Waals surface area contributed by atoms with Gasteiger partial charge in [0.1, 0.15) is 21.3 Å². The largest absolute Gasteiger partial charge is 0.422 e. The molecule has 0 spiro atoms. The van der Waals surface area contributed by atoms with E-state index < -0.39 is 11.9 Å². The highest BCUT2D eigenvalue weighted by atomic mass is 32.2. The lowest BCUT2D eigenvalue weighted by Gasteiger charge is -2.04. The molecule has 0 aliphatic rings. The van der Waals surface area contributed by atoms with E-state index in [1.807, 2.05) is 12.1 Å². The zero-order valence-corrected chi connectivity index (χ0v) is 16.0. The third-order valence-electron chi connectivity index (χ3n) is 3.90.